The van der Waals surface area contributed by atoms with Crippen LogP contribution in [0.3, 0.4) is 0 Å². The zero-order valence-electron chi connectivity index (χ0n) is 11.2. The number of amides is 2. The summed E-state index contributed by atoms with van der Waals surface area (Å²) < 4.78 is 28.3. The van der Waals surface area contributed by atoms with E-state index in [1.54, 1.807) is 11.5 Å². The summed E-state index contributed by atoms with van der Waals surface area (Å²) in [6.45, 7) is 4.18. The van der Waals surface area contributed by atoms with Gasteiger partial charge in [-0.2, -0.15) is 4.72 Å². The molecule has 110 valence electrons. The number of piperidine rings is 1. The minimum atomic E-state index is -3.88. The van der Waals surface area contributed by atoms with E-state index >= 15 is 0 Å². The van der Waals surface area contributed by atoms with Crippen LogP contribution in [-0.4, -0.2) is 35.8 Å². The predicted octanol–water partition coefficient (Wildman–Crippen LogP) is -0.705. The van der Waals surface area contributed by atoms with E-state index in [0.717, 1.165) is 0 Å². The molecule has 8 nitrogen and oxygen atoms in total. The minimum Gasteiger partial charge on any atom is -0.334 e. The van der Waals surface area contributed by atoms with Crippen LogP contribution in [0.25, 0.3) is 0 Å². The zero-order chi connectivity index (χ0) is 14.9. The Hall–Kier alpha value is -1.74. The lowest BCUT2D eigenvalue weighted by Crippen LogP contribution is -2.52. The molecular weight excluding hydrogens is 284 g/mol. The maximum absolute atomic E-state index is 12.2. The Balaban J connectivity index is 2.18. The number of aryl methyl sites for hydroxylation is 2. The van der Waals surface area contributed by atoms with Gasteiger partial charge in [0.1, 0.15) is 11.9 Å². The van der Waals surface area contributed by atoms with Crippen LogP contribution in [0.15, 0.2) is 11.2 Å². The van der Waals surface area contributed by atoms with E-state index in [1.165, 1.54) is 6.20 Å². The molecule has 0 spiro atoms. The number of hydrogen-bond donors (Lipinski definition) is 2. The Labute approximate surface area is 116 Å². The summed E-state index contributed by atoms with van der Waals surface area (Å²) in [5, 5.41) is 1.98. The van der Waals surface area contributed by atoms with Crippen molar-refractivity contribution in [2.75, 3.05) is 0 Å². The van der Waals surface area contributed by atoms with Gasteiger partial charge < -0.3 is 4.57 Å². The Morgan fingerprint density at radius 3 is 2.75 bits per heavy atom. The highest BCUT2D eigenvalue weighted by Crippen LogP contribution is 2.12. The first-order chi connectivity index (χ1) is 9.33. The Morgan fingerprint density at radius 1 is 1.50 bits per heavy atom. The van der Waals surface area contributed by atoms with Crippen molar-refractivity contribution in [1.82, 2.24) is 19.6 Å². The van der Waals surface area contributed by atoms with Gasteiger partial charge in [-0.25, -0.2) is 13.4 Å². The van der Waals surface area contributed by atoms with Crippen LogP contribution in [0.1, 0.15) is 25.6 Å². The second kappa shape index (κ2) is 5.33. The van der Waals surface area contributed by atoms with Gasteiger partial charge in [-0.05, 0) is 20.3 Å². The molecular formula is C11H16N4O4S. The predicted molar refractivity (Wildman–Crippen MR) is 69.1 cm³/mol. The van der Waals surface area contributed by atoms with E-state index in [2.05, 4.69) is 15.0 Å². The third kappa shape index (κ3) is 2.88. The molecule has 0 saturated carbocycles. The number of nitrogens with one attached hydrogen (secondary N) is 2. The number of imide groups is 1. The van der Waals surface area contributed by atoms with E-state index in [1.807, 2.05) is 6.92 Å². The largest absolute Gasteiger partial charge is 0.334 e. The molecule has 1 aromatic heterocycles. The van der Waals surface area contributed by atoms with Crippen LogP contribution in [0.4, 0.5) is 0 Å². The quantitative estimate of drug-likeness (QED) is 0.714. The van der Waals surface area contributed by atoms with E-state index < -0.39 is 27.9 Å². The van der Waals surface area contributed by atoms with Crippen LogP contribution >= 0.6 is 0 Å². The number of aromatic nitrogens is 2. The van der Waals surface area contributed by atoms with E-state index in [9.17, 15) is 18.0 Å². The summed E-state index contributed by atoms with van der Waals surface area (Å²) in [4.78, 5) is 26.5. The summed E-state index contributed by atoms with van der Waals surface area (Å²) in [7, 11) is -3.88. The lowest BCUT2D eigenvalue weighted by Gasteiger charge is -2.21. The van der Waals surface area contributed by atoms with Crippen molar-refractivity contribution in [2.24, 2.45) is 0 Å². The van der Waals surface area contributed by atoms with Crippen molar-refractivity contribution in [3.05, 3.63) is 12.0 Å². The molecule has 20 heavy (non-hydrogen) atoms. The monoisotopic (exact) mass is 300 g/mol. The molecule has 1 aromatic rings. The van der Waals surface area contributed by atoms with Gasteiger partial charge in [0.25, 0.3) is 10.0 Å². The highest BCUT2D eigenvalue weighted by Gasteiger charge is 2.31. The molecule has 1 unspecified atom stereocenters. The number of sulfonamides is 1. The average Bonchev–Trinajstić information content (AvgIpc) is 2.75. The van der Waals surface area contributed by atoms with Gasteiger partial charge in [-0.3, -0.25) is 14.9 Å². The van der Waals surface area contributed by atoms with E-state index in [4.69, 9.17) is 0 Å². The molecule has 0 aromatic carbocycles. The van der Waals surface area contributed by atoms with Gasteiger partial charge in [0.15, 0.2) is 5.03 Å². The summed E-state index contributed by atoms with van der Waals surface area (Å²) in [6.07, 6.45) is 1.68. The van der Waals surface area contributed by atoms with Gasteiger partial charge in [0.2, 0.25) is 11.8 Å². The fourth-order valence-electron chi connectivity index (χ4n) is 1.98. The fourth-order valence-corrected chi connectivity index (χ4v) is 3.22. The zero-order valence-corrected chi connectivity index (χ0v) is 12.0. The molecule has 1 aliphatic heterocycles. The average molecular weight is 300 g/mol. The molecule has 1 aliphatic rings. The maximum Gasteiger partial charge on any atom is 0.260 e. The summed E-state index contributed by atoms with van der Waals surface area (Å²) in [5.41, 5.74) is 0. The van der Waals surface area contributed by atoms with Crippen LogP contribution in [0.5, 0.6) is 0 Å². The number of imidazole rings is 1. The molecule has 1 saturated heterocycles. The topological polar surface area (TPSA) is 110 Å². The van der Waals surface area contributed by atoms with Crippen molar-refractivity contribution in [1.29, 1.82) is 0 Å². The smallest absolute Gasteiger partial charge is 0.260 e. The van der Waals surface area contributed by atoms with Crippen LogP contribution in [0, 0.1) is 6.92 Å². The third-order valence-electron chi connectivity index (χ3n) is 3.11. The lowest BCUT2D eigenvalue weighted by atomic mass is 10.1. The number of carbonyl (C=O) groups excluding carboxylic acids is 2. The Morgan fingerprint density at radius 2 is 2.20 bits per heavy atom. The van der Waals surface area contributed by atoms with Crippen LogP contribution in [-0.2, 0) is 26.2 Å². The minimum absolute atomic E-state index is 0.112. The van der Waals surface area contributed by atoms with Gasteiger partial charge in [0, 0.05) is 19.2 Å². The van der Waals surface area contributed by atoms with Crippen molar-refractivity contribution in [3.63, 3.8) is 0 Å². The fraction of sp³-hybridized carbons (Fsp3) is 0.545. The third-order valence-corrected chi connectivity index (χ3v) is 4.45. The highest BCUT2D eigenvalue weighted by molar-refractivity contribution is 7.89. The summed E-state index contributed by atoms with van der Waals surface area (Å²) >= 11 is 0. The van der Waals surface area contributed by atoms with E-state index in [0.29, 0.717) is 12.4 Å². The van der Waals surface area contributed by atoms with Crippen molar-refractivity contribution < 1.29 is 18.0 Å². The summed E-state index contributed by atoms with van der Waals surface area (Å²) in [6, 6.07) is -0.940. The van der Waals surface area contributed by atoms with Gasteiger partial charge in [0.05, 0.1) is 0 Å². The molecule has 2 rings (SSSR count). The molecule has 9 heteroatoms. The maximum atomic E-state index is 12.2. The Bertz CT molecular complexity index is 649. The van der Waals surface area contributed by atoms with Gasteiger partial charge in [-0.1, -0.05) is 0 Å². The van der Waals surface area contributed by atoms with Crippen molar-refractivity contribution in [3.8, 4) is 0 Å². The molecule has 2 heterocycles. The van der Waals surface area contributed by atoms with E-state index in [-0.39, 0.29) is 17.9 Å². The molecule has 2 N–H and O–H groups in total. The Kier molecular flexibility index (Phi) is 3.91. The standard InChI is InChI=1S/C11H16N4O4S/c1-3-15-6-10(12-7(15)2)20(18,19)14-8-4-5-9(16)13-11(8)17/h6,8,14H,3-5H2,1-2H3,(H,13,16,17). The van der Waals surface area contributed by atoms with Crippen molar-refractivity contribution >= 4 is 21.8 Å². The number of carbonyl (C=O) groups is 2. The normalized spacial score (nSPS) is 20.0. The SMILES string of the molecule is CCn1cc(S(=O)(=O)NC2CCC(=O)NC2=O)nc1C. The molecule has 0 radical (unpaired) electrons. The molecule has 2 amide bonds. The molecule has 0 aliphatic carbocycles. The van der Waals surface area contributed by atoms with Crippen LogP contribution in [0.2, 0.25) is 0 Å². The first-order valence-corrected chi connectivity index (χ1v) is 7.71. The first-order valence-electron chi connectivity index (χ1n) is 6.23. The number of nitrogens with zero attached hydrogens (tertiary/aromatic N) is 2. The van der Waals surface area contributed by atoms with Gasteiger partial charge >= 0.3 is 0 Å². The molecule has 0 bridgehead atoms. The van der Waals surface area contributed by atoms with Crippen LogP contribution < -0.4 is 10.0 Å². The highest BCUT2D eigenvalue weighted by atomic mass is 32.2. The van der Waals surface area contributed by atoms with Gasteiger partial charge in [-0.15, -0.1) is 0 Å². The number of rotatable bonds is 4. The second-order valence-electron chi connectivity index (χ2n) is 4.54. The molecule has 1 atom stereocenters. The number of hydrogen-bond acceptors (Lipinski definition) is 5. The second-order valence-corrected chi connectivity index (χ2v) is 6.20. The summed E-state index contributed by atoms with van der Waals surface area (Å²) in [5.74, 6) is -0.441. The lowest BCUT2D eigenvalue weighted by molar-refractivity contribution is -0.134. The van der Waals surface area contributed by atoms with Crippen molar-refractivity contribution in [2.45, 2.75) is 44.3 Å². The molecule has 1 fully saturated rings. The first kappa shape index (κ1) is 14.7.